The Hall–Kier alpha value is -6.85. The summed E-state index contributed by atoms with van der Waals surface area (Å²) in [5, 5.41) is 10.9. The molecule has 3 aromatic heterocycles. The van der Waals surface area contributed by atoms with Crippen molar-refractivity contribution < 1.29 is 4.42 Å². The normalized spacial score (nSPS) is 14.9. The van der Waals surface area contributed by atoms with Gasteiger partial charge in [-0.2, -0.15) is 0 Å². The summed E-state index contributed by atoms with van der Waals surface area (Å²) in [6.45, 7) is 0. The summed E-state index contributed by atoms with van der Waals surface area (Å²) < 4.78 is 11.2. The SMILES string of the molecule is C1=C(n2c3ccccc3c3cc4c5c6c(ccc5n(-c5ccccc5)c4cc32)oc2ccccc26)NC(c2ccccc2)N=C1c1ccccc1. The van der Waals surface area contributed by atoms with Crippen molar-refractivity contribution in [3.8, 4) is 5.69 Å². The zero-order chi connectivity index (χ0) is 33.5. The molecule has 0 bridgehead atoms. The Morgan fingerprint density at radius 2 is 1.18 bits per heavy atom. The maximum absolute atomic E-state index is 6.42. The van der Waals surface area contributed by atoms with Crippen LogP contribution in [0, 0.1) is 0 Å². The van der Waals surface area contributed by atoms with Gasteiger partial charge in [0.25, 0.3) is 0 Å². The first-order valence-corrected chi connectivity index (χ1v) is 17.3. The second-order valence-corrected chi connectivity index (χ2v) is 13.2. The largest absolute Gasteiger partial charge is 0.456 e. The molecule has 5 heteroatoms. The van der Waals surface area contributed by atoms with Crippen molar-refractivity contribution in [1.29, 1.82) is 0 Å². The Balaban J connectivity index is 1.26. The van der Waals surface area contributed by atoms with E-state index in [4.69, 9.17) is 9.41 Å². The van der Waals surface area contributed by atoms with E-state index >= 15 is 0 Å². The molecule has 51 heavy (non-hydrogen) atoms. The predicted molar refractivity (Wildman–Crippen MR) is 211 cm³/mol. The number of nitrogens with one attached hydrogen (secondary N) is 1. The monoisotopic (exact) mass is 654 g/mol. The number of para-hydroxylation sites is 3. The number of nitrogens with zero attached hydrogens (tertiary/aromatic N) is 3. The van der Waals surface area contributed by atoms with E-state index in [0.717, 1.165) is 72.4 Å². The molecule has 0 saturated carbocycles. The first kappa shape index (κ1) is 28.0. The van der Waals surface area contributed by atoms with Gasteiger partial charge in [0.15, 0.2) is 0 Å². The van der Waals surface area contributed by atoms with E-state index in [-0.39, 0.29) is 6.17 Å². The van der Waals surface area contributed by atoms with E-state index in [1.807, 2.05) is 6.07 Å². The summed E-state index contributed by atoms with van der Waals surface area (Å²) in [6.07, 6.45) is 1.94. The van der Waals surface area contributed by atoms with Crippen LogP contribution in [-0.2, 0) is 0 Å². The highest BCUT2D eigenvalue weighted by Crippen LogP contribution is 2.44. The fraction of sp³-hybridized carbons (Fsp3) is 0.0217. The third-order valence-corrected chi connectivity index (χ3v) is 10.3. The Labute approximate surface area is 293 Å². The molecule has 240 valence electrons. The van der Waals surface area contributed by atoms with E-state index < -0.39 is 0 Å². The summed E-state index contributed by atoms with van der Waals surface area (Å²) in [5.74, 6) is 0.980. The van der Waals surface area contributed by atoms with Gasteiger partial charge in [0.1, 0.15) is 23.2 Å². The van der Waals surface area contributed by atoms with Crippen molar-refractivity contribution in [2.24, 2.45) is 4.99 Å². The molecule has 10 aromatic rings. The fourth-order valence-corrected chi connectivity index (χ4v) is 8.11. The highest BCUT2D eigenvalue weighted by Gasteiger charge is 2.25. The summed E-state index contributed by atoms with van der Waals surface area (Å²) in [7, 11) is 0. The Morgan fingerprint density at radius 1 is 0.490 bits per heavy atom. The quantitative estimate of drug-likeness (QED) is 0.205. The predicted octanol–water partition coefficient (Wildman–Crippen LogP) is 11.4. The molecule has 5 nitrogen and oxygen atoms in total. The van der Waals surface area contributed by atoms with Crippen LogP contribution in [0.5, 0.6) is 0 Å². The Bertz CT molecular complexity index is 3040. The third kappa shape index (κ3) is 4.18. The zero-order valence-electron chi connectivity index (χ0n) is 27.5. The van der Waals surface area contributed by atoms with Crippen LogP contribution < -0.4 is 5.32 Å². The van der Waals surface area contributed by atoms with Gasteiger partial charge in [-0.25, -0.2) is 0 Å². The summed E-state index contributed by atoms with van der Waals surface area (Å²) in [6, 6.07) is 57.8. The molecule has 0 saturated heterocycles. The minimum absolute atomic E-state index is 0.250. The van der Waals surface area contributed by atoms with E-state index in [2.05, 4.69) is 178 Å². The number of allylic oxidation sites excluding steroid dienone is 1. The smallest absolute Gasteiger partial charge is 0.146 e. The lowest BCUT2D eigenvalue weighted by Gasteiger charge is -2.26. The lowest BCUT2D eigenvalue weighted by Crippen LogP contribution is -2.27. The standard InChI is InChI=1S/C46H30N4O/c1-4-14-29(15-5-1)36-27-43(48-46(47-36)30-16-6-2-7-17-30)50-37-22-12-10-20-32(37)34-26-35-40(28-39(34)50)49(31-18-8-3-9-19-31)38-24-25-42-45(44(35)38)33-21-11-13-23-41(33)51-42/h1-28,46,48H. The van der Waals surface area contributed by atoms with Crippen molar-refractivity contribution in [3.63, 3.8) is 0 Å². The number of fused-ring (bicyclic) bond motifs is 10. The molecule has 1 aliphatic heterocycles. The highest BCUT2D eigenvalue weighted by molar-refractivity contribution is 6.29. The number of furan rings is 1. The van der Waals surface area contributed by atoms with Gasteiger partial charge >= 0.3 is 0 Å². The number of aliphatic imine (C=N–C) groups is 1. The van der Waals surface area contributed by atoms with Crippen molar-refractivity contribution >= 4 is 77.1 Å². The van der Waals surface area contributed by atoms with Gasteiger partial charge in [0.05, 0.1) is 27.8 Å². The van der Waals surface area contributed by atoms with Gasteiger partial charge in [-0.1, -0.05) is 115 Å². The highest BCUT2D eigenvalue weighted by atomic mass is 16.3. The lowest BCUT2D eigenvalue weighted by molar-refractivity contribution is 0.646. The van der Waals surface area contributed by atoms with Crippen LogP contribution in [0.4, 0.5) is 0 Å². The molecule has 0 fully saturated rings. The Kier molecular flexibility index (Phi) is 5.95. The summed E-state index contributed by atoms with van der Waals surface area (Å²) in [5.41, 5.74) is 10.6. The number of hydrogen-bond acceptors (Lipinski definition) is 3. The van der Waals surface area contributed by atoms with Crippen molar-refractivity contribution in [2.45, 2.75) is 6.17 Å². The zero-order valence-corrected chi connectivity index (χ0v) is 27.5. The average molecular weight is 655 g/mol. The molecular weight excluding hydrogens is 625 g/mol. The minimum atomic E-state index is -0.250. The molecule has 11 rings (SSSR count). The molecule has 7 aromatic carbocycles. The van der Waals surface area contributed by atoms with E-state index in [1.165, 1.54) is 21.5 Å². The minimum Gasteiger partial charge on any atom is -0.456 e. The molecule has 4 heterocycles. The topological polar surface area (TPSA) is 47.4 Å². The van der Waals surface area contributed by atoms with Gasteiger partial charge in [-0.3, -0.25) is 9.56 Å². The maximum atomic E-state index is 6.42. The van der Waals surface area contributed by atoms with E-state index in [1.54, 1.807) is 0 Å². The van der Waals surface area contributed by atoms with Crippen molar-refractivity contribution in [3.05, 3.63) is 181 Å². The fourth-order valence-electron chi connectivity index (χ4n) is 8.11. The van der Waals surface area contributed by atoms with Crippen molar-refractivity contribution in [2.75, 3.05) is 0 Å². The average Bonchev–Trinajstić information content (AvgIpc) is 3.85. The third-order valence-electron chi connectivity index (χ3n) is 10.3. The molecule has 1 atom stereocenters. The molecule has 1 N–H and O–H groups in total. The summed E-state index contributed by atoms with van der Waals surface area (Å²) >= 11 is 0. The van der Waals surface area contributed by atoms with Crippen molar-refractivity contribution in [1.82, 2.24) is 14.5 Å². The van der Waals surface area contributed by atoms with E-state index in [9.17, 15) is 0 Å². The van der Waals surface area contributed by atoms with E-state index in [0.29, 0.717) is 0 Å². The second-order valence-electron chi connectivity index (χ2n) is 13.2. The second kappa shape index (κ2) is 10.8. The molecule has 0 radical (unpaired) electrons. The van der Waals surface area contributed by atoms with Gasteiger partial charge in [-0.05, 0) is 59.7 Å². The molecule has 1 unspecified atom stereocenters. The Morgan fingerprint density at radius 3 is 2.00 bits per heavy atom. The van der Waals surface area contributed by atoms with Crippen LogP contribution in [0.2, 0.25) is 0 Å². The van der Waals surface area contributed by atoms with Gasteiger partial charge in [0, 0.05) is 44.1 Å². The van der Waals surface area contributed by atoms with Crippen LogP contribution in [0.3, 0.4) is 0 Å². The van der Waals surface area contributed by atoms with Crippen LogP contribution in [0.1, 0.15) is 17.3 Å². The number of aromatic nitrogens is 2. The summed E-state index contributed by atoms with van der Waals surface area (Å²) in [4.78, 5) is 5.23. The first-order valence-electron chi connectivity index (χ1n) is 17.3. The molecular formula is C46H30N4O. The maximum Gasteiger partial charge on any atom is 0.146 e. The van der Waals surface area contributed by atoms with Crippen LogP contribution >= 0.6 is 0 Å². The molecule has 1 aliphatic rings. The first-order chi connectivity index (χ1) is 25.3. The lowest BCUT2D eigenvalue weighted by atomic mass is 10.0. The molecule has 0 spiro atoms. The molecule has 0 amide bonds. The number of rotatable bonds is 4. The van der Waals surface area contributed by atoms with Crippen LogP contribution in [0.15, 0.2) is 179 Å². The van der Waals surface area contributed by atoms with Gasteiger partial charge in [0.2, 0.25) is 0 Å². The van der Waals surface area contributed by atoms with Crippen LogP contribution in [-0.4, -0.2) is 14.8 Å². The number of benzene rings is 7. The van der Waals surface area contributed by atoms with Gasteiger partial charge in [-0.15, -0.1) is 0 Å². The number of hydrogen-bond donors (Lipinski definition) is 1. The molecule has 0 aliphatic carbocycles. The van der Waals surface area contributed by atoms with Crippen LogP contribution in [0.25, 0.3) is 77.1 Å². The van der Waals surface area contributed by atoms with Gasteiger partial charge < -0.3 is 14.3 Å².